The third-order valence-corrected chi connectivity index (χ3v) is 4.23. The van der Waals surface area contributed by atoms with Gasteiger partial charge in [-0.2, -0.15) is 0 Å². The van der Waals surface area contributed by atoms with Crippen LogP contribution in [0.2, 0.25) is 4.34 Å². The zero-order valence-corrected chi connectivity index (χ0v) is 15.4. The Kier molecular flexibility index (Phi) is 9.79. The van der Waals surface area contributed by atoms with Gasteiger partial charge in [-0.15, -0.1) is 11.3 Å². The van der Waals surface area contributed by atoms with Crippen LogP contribution in [0, 0.1) is 0 Å². The summed E-state index contributed by atoms with van der Waals surface area (Å²) >= 11 is 6.89. The van der Waals surface area contributed by atoms with Crippen LogP contribution in [0.1, 0.15) is 42.3 Å². The van der Waals surface area contributed by atoms with E-state index in [-0.39, 0.29) is 37.6 Å². The lowest BCUT2D eigenvalue weighted by Crippen LogP contribution is -2.30. The zero-order chi connectivity index (χ0) is 18.7. The molecule has 1 heterocycles. The maximum atomic E-state index is 11.8. The summed E-state index contributed by atoms with van der Waals surface area (Å²) in [7, 11) is 0. The average molecular weight is 390 g/mol. The van der Waals surface area contributed by atoms with Gasteiger partial charge in [-0.1, -0.05) is 11.6 Å². The molecule has 7 nitrogen and oxygen atoms in total. The molecule has 0 atom stereocenters. The number of nitrogens with one attached hydrogen (secondary N) is 1. The standard InChI is InChI=1S/C16H20ClNO6S/c1-2-23-15(21)4-3-9-18-14(20)10-24-16(22)8-5-11(19)12-6-7-13(17)25-12/h6-7H,2-5,8-10H2,1H3,(H,18,20). The summed E-state index contributed by atoms with van der Waals surface area (Å²) in [6.45, 7) is 1.91. The number of carbonyl (C=O) groups excluding carboxylic acids is 4. The number of hydrogen-bond acceptors (Lipinski definition) is 7. The second-order valence-electron chi connectivity index (χ2n) is 4.95. The van der Waals surface area contributed by atoms with Crippen LogP contribution in [0.15, 0.2) is 12.1 Å². The van der Waals surface area contributed by atoms with Gasteiger partial charge in [0.25, 0.3) is 5.91 Å². The first-order chi connectivity index (χ1) is 11.9. The van der Waals surface area contributed by atoms with Gasteiger partial charge < -0.3 is 14.8 Å². The average Bonchev–Trinajstić information content (AvgIpc) is 3.01. The van der Waals surface area contributed by atoms with E-state index in [1.165, 1.54) is 0 Å². The minimum Gasteiger partial charge on any atom is -0.466 e. The number of Topliss-reactive ketones (excluding diaryl/α,β-unsaturated/α-hetero) is 1. The van der Waals surface area contributed by atoms with Gasteiger partial charge in [0.15, 0.2) is 12.4 Å². The summed E-state index contributed by atoms with van der Waals surface area (Å²) in [5, 5.41) is 2.53. The van der Waals surface area contributed by atoms with Gasteiger partial charge in [-0.3, -0.25) is 19.2 Å². The zero-order valence-electron chi connectivity index (χ0n) is 13.8. The van der Waals surface area contributed by atoms with Gasteiger partial charge in [-0.25, -0.2) is 0 Å². The molecule has 0 spiro atoms. The lowest BCUT2D eigenvalue weighted by Gasteiger charge is -2.06. The molecule has 1 rings (SSSR count). The van der Waals surface area contributed by atoms with Gasteiger partial charge in [0.05, 0.1) is 22.2 Å². The van der Waals surface area contributed by atoms with Crippen molar-refractivity contribution in [1.82, 2.24) is 5.32 Å². The number of halogens is 1. The van der Waals surface area contributed by atoms with Crippen molar-refractivity contribution in [3.63, 3.8) is 0 Å². The van der Waals surface area contributed by atoms with Gasteiger partial charge in [-0.05, 0) is 25.5 Å². The molecular weight excluding hydrogens is 370 g/mol. The SMILES string of the molecule is CCOC(=O)CCCNC(=O)COC(=O)CCC(=O)c1ccc(Cl)s1. The lowest BCUT2D eigenvalue weighted by molar-refractivity contribution is -0.148. The monoisotopic (exact) mass is 389 g/mol. The molecule has 25 heavy (non-hydrogen) atoms. The van der Waals surface area contributed by atoms with Crippen LogP contribution in [-0.4, -0.2) is 43.4 Å². The number of rotatable bonds is 11. The summed E-state index contributed by atoms with van der Waals surface area (Å²) in [6, 6.07) is 3.22. The third kappa shape index (κ3) is 9.21. The Bertz CT molecular complexity index is 616. The highest BCUT2D eigenvalue weighted by molar-refractivity contribution is 7.18. The number of esters is 2. The number of hydrogen-bond donors (Lipinski definition) is 1. The summed E-state index contributed by atoms with van der Waals surface area (Å²) in [4.78, 5) is 46.4. The molecule has 0 fully saturated rings. The third-order valence-electron chi connectivity index (χ3n) is 2.95. The number of ether oxygens (including phenoxy) is 2. The number of carbonyl (C=O) groups is 4. The molecule has 1 aromatic rings. The quantitative estimate of drug-likeness (QED) is 0.354. The highest BCUT2D eigenvalue weighted by Gasteiger charge is 2.13. The Morgan fingerprint density at radius 2 is 1.80 bits per heavy atom. The fraction of sp³-hybridized carbons (Fsp3) is 0.500. The molecule has 0 unspecified atom stereocenters. The van der Waals surface area contributed by atoms with Crippen molar-refractivity contribution in [3.8, 4) is 0 Å². The largest absolute Gasteiger partial charge is 0.466 e. The van der Waals surface area contributed by atoms with Crippen LogP contribution in [-0.2, 0) is 23.9 Å². The molecule has 0 saturated heterocycles. The normalized spacial score (nSPS) is 10.2. The number of ketones is 1. The minimum atomic E-state index is -0.627. The molecule has 0 aliphatic carbocycles. The van der Waals surface area contributed by atoms with E-state index in [1.807, 2.05) is 0 Å². The molecule has 1 amide bonds. The smallest absolute Gasteiger partial charge is 0.306 e. The van der Waals surface area contributed by atoms with Crippen LogP contribution in [0.3, 0.4) is 0 Å². The van der Waals surface area contributed by atoms with Crippen LogP contribution in [0.5, 0.6) is 0 Å². The molecule has 138 valence electrons. The van der Waals surface area contributed by atoms with Crippen LogP contribution in [0.25, 0.3) is 0 Å². The second-order valence-corrected chi connectivity index (χ2v) is 6.66. The van der Waals surface area contributed by atoms with Crippen molar-refractivity contribution >= 4 is 46.6 Å². The van der Waals surface area contributed by atoms with Crippen LogP contribution in [0.4, 0.5) is 0 Å². The van der Waals surface area contributed by atoms with Crippen molar-refractivity contribution in [3.05, 3.63) is 21.3 Å². The van der Waals surface area contributed by atoms with E-state index in [2.05, 4.69) is 5.32 Å². The number of amides is 1. The van der Waals surface area contributed by atoms with Gasteiger partial charge >= 0.3 is 11.9 Å². The van der Waals surface area contributed by atoms with Crippen molar-refractivity contribution in [2.45, 2.75) is 32.6 Å². The van der Waals surface area contributed by atoms with E-state index in [4.69, 9.17) is 21.1 Å². The van der Waals surface area contributed by atoms with E-state index in [0.29, 0.717) is 22.2 Å². The minimum absolute atomic E-state index is 0.00314. The Morgan fingerprint density at radius 1 is 1.08 bits per heavy atom. The molecular formula is C16H20ClNO6S. The van der Waals surface area contributed by atoms with Crippen molar-refractivity contribution < 1.29 is 28.7 Å². The van der Waals surface area contributed by atoms with Crippen LogP contribution < -0.4 is 5.32 Å². The molecule has 0 radical (unpaired) electrons. The van der Waals surface area contributed by atoms with E-state index in [9.17, 15) is 19.2 Å². The first-order valence-corrected chi connectivity index (χ1v) is 8.98. The summed E-state index contributed by atoms with van der Waals surface area (Å²) in [6.07, 6.45) is 0.542. The number of thiophene rings is 1. The summed E-state index contributed by atoms with van der Waals surface area (Å²) < 4.78 is 10.1. The van der Waals surface area contributed by atoms with Crippen molar-refractivity contribution in [1.29, 1.82) is 0 Å². The first kappa shape index (κ1) is 21.1. The molecule has 0 aromatic carbocycles. The maximum Gasteiger partial charge on any atom is 0.306 e. The highest BCUT2D eigenvalue weighted by Crippen LogP contribution is 2.22. The molecule has 0 aliphatic heterocycles. The van der Waals surface area contributed by atoms with Gasteiger partial charge in [0.2, 0.25) is 0 Å². The predicted octanol–water partition coefficient (Wildman–Crippen LogP) is 2.37. The molecule has 1 aromatic heterocycles. The van der Waals surface area contributed by atoms with E-state index >= 15 is 0 Å². The fourth-order valence-electron chi connectivity index (χ4n) is 1.77. The molecule has 0 aliphatic rings. The summed E-state index contributed by atoms with van der Waals surface area (Å²) in [5.74, 6) is -1.61. The Morgan fingerprint density at radius 3 is 2.44 bits per heavy atom. The molecule has 0 saturated carbocycles. The Hall–Kier alpha value is -1.93. The lowest BCUT2D eigenvalue weighted by atomic mass is 10.2. The van der Waals surface area contributed by atoms with E-state index in [0.717, 1.165) is 11.3 Å². The van der Waals surface area contributed by atoms with Gasteiger partial charge in [0, 0.05) is 19.4 Å². The predicted molar refractivity (Wildman–Crippen MR) is 92.7 cm³/mol. The molecule has 0 bridgehead atoms. The van der Waals surface area contributed by atoms with E-state index in [1.54, 1.807) is 19.1 Å². The van der Waals surface area contributed by atoms with Gasteiger partial charge in [0.1, 0.15) is 0 Å². The Labute approximate surface area is 154 Å². The van der Waals surface area contributed by atoms with Crippen molar-refractivity contribution in [2.75, 3.05) is 19.8 Å². The first-order valence-electron chi connectivity index (χ1n) is 7.78. The maximum absolute atomic E-state index is 11.8. The Balaban J connectivity index is 2.11. The molecule has 1 N–H and O–H groups in total. The van der Waals surface area contributed by atoms with Crippen LogP contribution >= 0.6 is 22.9 Å². The fourth-order valence-corrected chi connectivity index (χ4v) is 2.78. The second kappa shape index (κ2) is 11.6. The molecule has 9 heteroatoms. The van der Waals surface area contributed by atoms with E-state index < -0.39 is 18.5 Å². The van der Waals surface area contributed by atoms with Crippen molar-refractivity contribution in [2.24, 2.45) is 0 Å². The summed E-state index contributed by atoms with van der Waals surface area (Å²) in [5.41, 5.74) is 0. The topological polar surface area (TPSA) is 98.8 Å². The highest BCUT2D eigenvalue weighted by atomic mass is 35.5.